The topological polar surface area (TPSA) is 137 Å². The van der Waals surface area contributed by atoms with E-state index in [1.165, 1.54) is 5.56 Å². The number of hydrogen-bond donors (Lipinski definition) is 4. The molecular weight excluding hydrogens is 303 g/mol. The molecule has 0 fully saturated rings. The number of rotatable bonds is 5. The summed E-state index contributed by atoms with van der Waals surface area (Å²) in [6, 6.07) is 3.59. The van der Waals surface area contributed by atoms with Gasteiger partial charge in [-0.15, -0.1) is 0 Å². The molecular formula is C15H31N2O4P. The fourth-order valence-corrected chi connectivity index (χ4v) is 3.00. The fourth-order valence-electron chi connectivity index (χ4n) is 2.58. The second-order valence-corrected chi connectivity index (χ2v) is 7.19. The summed E-state index contributed by atoms with van der Waals surface area (Å²) in [7, 11) is -4.54. The van der Waals surface area contributed by atoms with Crippen molar-refractivity contribution in [2.75, 3.05) is 0 Å². The van der Waals surface area contributed by atoms with Gasteiger partial charge in [-0.3, -0.25) is 9.79 Å². The lowest BCUT2D eigenvalue weighted by Crippen LogP contribution is -2.08. The van der Waals surface area contributed by atoms with Crippen LogP contribution in [0.25, 0.3) is 0 Å². The van der Waals surface area contributed by atoms with Gasteiger partial charge in [-0.1, -0.05) is 47.6 Å². The van der Waals surface area contributed by atoms with E-state index in [0.717, 1.165) is 11.1 Å². The minimum atomic E-state index is -4.54. The van der Waals surface area contributed by atoms with E-state index < -0.39 is 7.82 Å². The van der Waals surface area contributed by atoms with Gasteiger partial charge in [0, 0.05) is 5.56 Å². The zero-order chi connectivity index (χ0) is 15.7. The van der Waals surface area contributed by atoms with Crippen LogP contribution in [0.3, 0.4) is 0 Å². The second-order valence-electron chi connectivity index (χ2n) is 6.03. The Morgan fingerprint density at radius 3 is 1.64 bits per heavy atom. The summed E-state index contributed by atoms with van der Waals surface area (Å²) in [6.07, 6.45) is 0. The lowest BCUT2D eigenvalue weighted by Gasteiger charge is -2.25. The highest BCUT2D eigenvalue weighted by Gasteiger charge is 2.25. The maximum atomic E-state index is 11.1. The molecule has 0 amide bonds. The Bertz CT molecular complexity index is 525. The van der Waals surface area contributed by atoms with Crippen LogP contribution in [-0.4, -0.2) is 9.79 Å². The quantitative estimate of drug-likeness (QED) is 0.568. The van der Waals surface area contributed by atoms with E-state index in [1.807, 2.05) is 19.9 Å². The third kappa shape index (κ3) is 5.71. The molecule has 1 aromatic carbocycles. The van der Waals surface area contributed by atoms with E-state index in [4.69, 9.17) is 14.3 Å². The molecule has 22 heavy (non-hydrogen) atoms. The Morgan fingerprint density at radius 1 is 0.864 bits per heavy atom. The van der Waals surface area contributed by atoms with Crippen LogP contribution in [0.1, 0.15) is 76.0 Å². The van der Waals surface area contributed by atoms with Crippen molar-refractivity contribution in [2.24, 2.45) is 0 Å². The molecule has 1 aromatic rings. The number of phosphoric ester groups is 1. The molecule has 0 aromatic heterocycles. The predicted octanol–water partition coefficient (Wildman–Crippen LogP) is 4.85. The minimum Gasteiger partial charge on any atom is -0.404 e. The van der Waals surface area contributed by atoms with Gasteiger partial charge >= 0.3 is 7.82 Å². The monoisotopic (exact) mass is 334 g/mol. The zero-order valence-electron chi connectivity index (χ0n) is 14.5. The Balaban J connectivity index is 0. The summed E-state index contributed by atoms with van der Waals surface area (Å²) < 4.78 is 16.0. The minimum absolute atomic E-state index is 0. The van der Waals surface area contributed by atoms with Gasteiger partial charge in [-0.2, -0.15) is 0 Å². The van der Waals surface area contributed by atoms with Crippen molar-refractivity contribution >= 4 is 7.82 Å². The van der Waals surface area contributed by atoms with Crippen molar-refractivity contribution in [2.45, 2.75) is 59.3 Å². The molecule has 0 heterocycles. The average molecular weight is 334 g/mol. The number of phosphoric acid groups is 1. The molecule has 130 valence electrons. The maximum Gasteiger partial charge on any atom is 0.524 e. The highest BCUT2D eigenvalue weighted by Crippen LogP contribution is 2.45. The second kappa shape index (κ2) is 8.65. The summed E-state index contributed by atoms with van der Waals surface area (Å²) in [5.41, 5.74) is 3.25. The molecule has 0 aliphatic rings. The van der Waals surface area contributed by atoms with Gasteiger partial charge in [-0.25, -0.2) is 4.57 Å². The van der Waals surface area contributed by atoms with Crippen molar-refractivity contribution in [3.05, 3.63) is 28.8 Å². The molecule has 0 saturated carbocycles. The summed E-state index contributed by atoms with van der Waals surface area (Å²) in [5, 5.41) is 0. The average Bonchev–Trinajstić information content (AvgIpc) is 2.24. The van der Waals surface area contributed by atoms with Crippen molar-refractivity contribution < 1.29 is 18.9 Å². The maximum absolute atomic E-state index is 11.1. The lowest BCUT2D eigenvalue weighted by molar-refractivity contribution is 0.281. The van der Waals surface area contributed by atoms with Crippen LogP contribution in [0.4, 0.5) is 0 Å². The van der Waals surface area contributed by atoms with Crippen LogP contribution in [0.5, 0.6) is 5.75 Å². The van der Waals surface area contributed by atoms with Crippen molar-refractivity contribution in [1.29, 1.82) is 0 Å². The van der Waals surface area contributed by atoms with E-state index >= 15 is 0 Å². The third-order valence-electron chi connectivity index (χ3n) is 3.27. The molecule has 6 nitrogen and oxygen atoms in total. The largest absolute Gasteiger partial charge is 0.524 e. The SMILES string of the molecule is CC(C)c1ccc(OP(=O)(O)O)c(C(C)C)c1C(C)C.N.N. The molecule has 7 heteroatoms. The van der Waals surface area contributed by atoms with Gasteiger partial charge in [0.15, 0.2) is 0 Å². The molecule has 0 spiro atoms. The van der Waals surface area contributed by atoms with Crippen LogP contribution in [0, 0.1) is 0 Å². The molecule has 0 atom stereocenters. The van der Waals surface area contributed by atoms with Crippen LogP contribution < -0.4 is 16.8 Å². The first kappa shape index (κ1) is 23.4. The lowest BCUT2D eigenvalue weighted by atomic mass is 9.83. The van der Waals surface area contributed by atoms with Gasteiger partial charge < -0.3 is 16.8 Å². The highest BCUT2D eigenvalue weighted by molar-refractivity contribution is 7.46. The molecule has 0 aliphatic carbocycles. The molecule has 0 unspecified atom stereocenters. The Kier molecular flexibility index (Phi) is 9.19. The number of hydrogen-bond acceptors (Lipinski definition) is 4. The van der Waals surface area contributed by atoms with E-state index in [2.05, 4.69) is 27.7 Å². The Morgan fingerprint density at radius 2 is 1.32 bits per heavy atom. The molecule has 0 aliphatic heterocycles. The molecule has 8 N–H and O–H groups in total. The zero-order valence-corrected chi connectivity index (χ0v) is 15.4. The molecule has 0 radical (unpaired) electrons. The van der Waals surface area contributed by atoms with E-state index in [1.54, 1.807) is 6.07 Å². The van der Waals surface area contributed by atoms with Gasteiger partial charge in [-0.05, 0) is 34.9 Å². The first-order chi connectivity index (χ1) is 9.04. The van der Waals surface area contributed by atoms with Crippen molar-refractivity contribution in [1.82, 2.24) is 12.3 Å². The summed E-state index contributed by atoms with van der Waals surface area (Å²) >= 11 is 0. The van der Waals surface area contributed by atoms with Crippen molar-refractivity contribution in [3.63, 3.8) is 0 Å². The first-order valence-corrected chi connectivity index (χ1v) is 8.49. The van der Waals surface area contributed by atoms with Gasteiger partial charge in [0.1, 0.15) is 5.75 Å². The smallest absolute Gasteiger partial charge is 0.404 e. The van der Waals surface area contributed by atoms with Crippen molar-refractivity contribution in [3.8, 4) is 5.75 Å². The summed E-state index contributed by atoms with van der Waals surface area (Å²) in [5.74, 6) is 1.05. The Labute approximate surface area is 133 Å². The highest BCUT2D eigenvalue weighted by atomic mass is 31.2. The van der Waals surface area contributed by atoms with Crippen LogP contribution in [0.2, 0.25) is 0 Å². The van der Waals surface area contributed by atoms with Crippen LogP contribution in [0.15, 0.2) is 12.1 Å². The van der Waals surface area contributed by atoms with E-state index in [9.17, 15) is 4.57 Å². The standard InChI is InChI=1S/C15H25O4P.2H3N/c1-9(2)12-7-8-13(19-20(16,17)18)15(11(5)6)14(12)10(3)4;;/h7-11H,1-6H3,(H2,16,17,18);2*1H3. The first-order valence-electron chi connectivity index (χ1n) is 6.96. The molecule has 0 bridgehead atoms. The number of benzene rings is 1. The van der Waals surface area contributed by atoms with E-state index in [-0.39, 0.29) is 24.1 Å². The Hall–Kier alpha value is -0.910. The third-order valence-corrected chi connectivity index (χ3v) is 3.71. The molecule has 1 rings (SSSR count). The van der Waals surface area contributed by atoms with Crippen LogP contribution in [-0.2, 0) is 4.57 Å². The van der Waals surface area contributed by atoms with E-state index in [0.29, 0.717) is 11.7 Å². The van der Waals surface area contributed by atoms with Gasteiger partial charge in [0.2, 0.25) is 0 Å². The van der Waals surface area contributed by atoms with Gasteiger partial charge in [0.25, 0.3) is 0 Å². The predicted molar refractivity (Wildman–Crippen MR) is 91.4 cm³/mol. The summed E-state index contributed by atoms with van der Waals surface area (Å²) in [4.78, 5) is 18.1. The summed E-state index contributed by atoms with van der Waals surface area (Å²) in [6.45, 7) is 12.4. The fraction of sp³-hybridized carbons (Fsp3) is 0.600. The van der Waals surface area contributed by atoms with Gasteiger partial charge in [0.05, 0.1) is 0 Å². The molecule has 0 saturated heterocycles. The van der Waals surface area contributed by atoms with Crippen LogP contribution >= 0.6 is 7.82 Å². The normalized spacial score (nSPS) is 11.4.